The lowest BCUT2D eigenvalue weighted by Crippen LogP contribution is -2.14. The van der Waals surface area contributed by atoms with Gasteiger partial charge in [0.2, 0.25) is 5.91 Å². The van der Waals surface area contributed by atoms with Crippen LogP contribution in [0.15, 0.2) is 10.9 Å². The van der Waals surface area contributed by atoms with Gasteiger partial charge >= 0.3 is 0 Å². The number of amides is 1. The zero-order valence-electron chi connectivity index (χ0n) is 8.04. The summed E-state index contributed by atoms with van der Waals surface area (Å²) in [5, 5.41) is 5.75. The maximum absolute atomic E-state index is 11.3. The Bertz CT molecular complexity index is 404. The minimum atomic E-state index is -0.0261. The summed E-state index contributed by atoms with van der Waals surface area (Å²) in [4.78, 5) is 22.3. The molecule has 1 atom stereocenters. The molecule has 1 amide bonds. The third-order valence-electron chi connectivity index (χ3n) is 2.54. The number of carbonyl (C=O) groups excluding carboxylic acids is 1. The summed E-state index contributed by atoms with van der Waals surface area (Å²) in [7, 11) is 0. The molecule has 0 radical (unpaired) electrons. The predicted octanol–water partition coefficient (Wildman–Crippen LogP) is -0.200. The van der Waals surface area contributed by atoms with Gasteiger partial charge in [-0.25, -0.2) is 0 Å². The van der Waals surface area contributed by atoms with Crippen LogP contribution in [0.25, 0.3) is 0 Å². The molecular formula is C9H13N3O2. The number of carbonyl (C=O) groups is 1. The van der Waals surface area contributed by atoms with Gasteiger partial charge in [0.25, 0.3) is 5.56 Å². The fourth-order valence-electron chi connectivity index (χ4n) is 1.72. The summed E-state index contributed by atoms with van der Waals surface area (Å²) in [6.45, 7) is 3.16. The number of aryl methyl sites for hydroxylation is 1. The van der Waals surface area contributed by atoms with Crippen molar-refractivity contribution in [3.8, 4) is 0 Å². The van der Waals surface area contributed by atoms with Crippen LogP contribution in [-0.2, 0) is 11.3 Å². The van der Waals surface area contributed by atoms with E-state index in [0.29, 0.717) is 19.5 Å². The first kappa shape index (κ1) is 9.05. The molecule has 14 heavy (non-hydrogen) atoms. The van der Waals surface area contributed by atoms with Gasteiger partial charge in [-0.3, -0.25) is 19.4 Å². The van der Waals surface area contributed by atoms with Gasteiger partial charge in [-0.1, -0.05) is 0 Å². The molecule has 0 aromatic carbocycles. The van der Waals surface area contributed by atoms with Crippen LogP contribution in [0, 0.1) is 0 Å². The van der Waals surface area contributed by atoms with Gasteiger partial charge in [-0.05, 0) is 6.92 Å². The third kappa shape index (κ3) is 1.45. The van der Waals surface area contributed by atoms with Gasteiger partial charge in [-0.2, -0.15) is 0 Å². The highest BCUT2D eigenvalue weighted by Crippen LogP contribution is 2.19. The fourth-order valence-corrected chi connectivity index (χ4v) is 1.72. The summed E-state index contributed by atoms with van der Waals surface area (Å²) in [5.74, 6) is 0.183. The van der Waals surface area contributed by atoms with Crippen molar-refractivity contribution >= 4 is 5.91 Å². The molecule has 1 aromatic rings. The van der Waals surface area contributed by atoms with E-state index >= 15 is 0 Å². The molecule has 5 nitrogen and oxygen atoms in total. The highest BCUT2D eigenvalue weighted by atomic mass is 16.2. The van der Waals surface area contributed by atoms with Crippen LogP contribution in [0.1, 0.15) is 25.0 Å². The number of aromatic nitrogens is 2. The standard InChI is InChI=1S/C9H13N3O2/c1-2-12-9(14)4-7(11-12)6-3-8(13)10-5-6/h4,6,11H,2-3,5H2,1H3,(H,10,13). The number of nitrogens with one attached hydrogen (secondary N) is 2. The van der Waals surface area contributed by atoms with E-state index in [2.05, 4.69) is 10.4 Å². The molecule has 1 aromatic heterocycles. The Morgan fingerprint density at radius 2 is 2.36 bits per heavy atom. The van der Waals surface area contributed by atoms with Crippen molar-refractivity contribution in [1.29, 1.82) is 0 Å². The van der Waals surface area contributed by atoms with Crippen molar-refractivity contribution in [1.82, 2.24) is 15.1 Å². The number of rotatable bonds is 2. The summed E-state index contributed by atoms with van der Waals surface area (Å²) in [6, 6.07) is 1.58. The lowest BCUT2D eigenvalue weighted by molar-refractivity contribution is -0.119. The summed E-state index contributed by atoms with van der Waals surface area (Å²) in [6.07, 6.45) is 0.476. The van der Waals surface area contributed by atoms with Gasteiger partial charge in [0.1, 0.15) is 0 Å². The largest absolute Gasteiger partial charge is 0.355 e. The van der Waals surface area contributed by atoms with Crippen molar-refractivity contribution in [3.63, 3.8) is 0 Å². The normalized spacial score (nSPS) is 21.2. The van der Waals surface area contributed by atoms with E-state index < -0.39 is 0 Å². The van der Waals surface area contributed by atoms with E-state index in [1.165, 1.54) is 4.68 Å². The van der Waals surface area contributed by atoms with E-state index in [1.54, 1.807) is 6.07 Å². The molecule has 1 unspecified atom stereocenters. The van der Waals surface area contributed by atoms with Crippen molar-refractivity contribution in [2.24, 2.45) is 0 Å². The van der Waals surface area contributed by atoms with Crippen molar-refractivity contribution in [3.05, 3.63) is 22.1 Å². The zero-order chi connectivity index (χ0) is 10.1. The average molecular weight is 195 g/mol. The molecule has 0 spiro atoms. The summed E-state index contributed by atoms with van der Waals surface area (Å²) < 4.78 is 1.54. The van der Waals surface area contributed by atoms with Crippen molar-refractivity contribution in [2.75, 3.05) is 6.54 Å². The van der Waals surface area contributed by atoms with E-state index in [-0.39, 0.29) is 17.4 Å². The Balaban J connectivity index is 2.24. The highest BCUT2D eigenvalue weighted by Gasteiger charge is 2.24. The van der Waals surface area contributed by atoms with Gasteiger partial charge in [0.05, 0.1) is 0 Å². The monoisotopic (exact) mass is 195 g/mol. The molecule has 76 valence electrons. The van der Waals surface area contributed by atoms with Crippen molar-refractivity contribution in [2.45, 2.75) is 25.8 Å². The SMILES string of the molecule is CCn1[nH]c(C2CNC(=O)C2)cc1=O. The molecule has 0 aliphatic carbocycles. The second-order valence-electron chi connectivity index (χ2n) is 3.50. The fraction of sp³-hybridized carbons (Fsp3) is 0.556. The van der Waals surface area contributed by atoms with Crippen LogP contribution < -0.4 is 10.9 Å². The first-order valence-corrected chi connectivity index (χ1v) is 4.77. The highest BCUT2D eigenvalue weighted by molar-refractivity contribution is 5.79. The molecular weight excluding hydrogens is 182 g/mol. The molecule has 1 aliphatic heterocycles. The minimum Gasteiger partial charge on any atom is -0.355 e. The maximum atomic E-state index is 11.3. The predicted molar refractivity (Wildman–Crippen MR) is 51.1 cm³/mol. The zero-order valence-corrected chi connectivity index (χ0v) is 8.04. The second kappa shape index (κ2) is 3.32. The molecule has 1 fully saturated rings. The number of aromatic amines is 1. The molecule has 2 N–H and O–H groups in total. The topological polar surface area (TPSA) is 66.9 Å². The Hall–Kier alpha value is -1.52. The Morgan fingerprint density at radius 3 is 2.86 bits per heavy atom. The summed E-state index contributed by atoms with van der Waals surface area (Å²) >= 11 is 0. The van der Waals surface area contributed by atoms with E-state index in [4.69, 9.17) is 0 Å². The quantitative estimate of drug-likeness (QED) is 0.686. The number of nitrogens with zero attached hydrogens (tertiary/aromatic N) is 1. The Labute approximate surface area is 81.1 Å². The van der Waals surface area contributed by atoms with Crippen LogP contribution in [0.5, 0.6) is 0 Å². The smallest absolute Gasteiger partial charge is 0.266 e. The van der Waals surface area contributed by atoms with E-state index in [1.807, 2.05) is 6.92 Å². The van der Waals surface area contributed by atoms with E-state index in [0.717, 1.165) is 5.69 Å². The van der Waals surface area contributed by atoms with Crippen LogP contribution in [0.3, 0.4) is 0 Å². The van der Waals surface area contributed by atoms with Gasteiger partial charge in [-0.15, -0.1) is 0 Å². The molecule has 0 saturated carbocycles. The lowest BCUT2D eigenvalue weighted by atomic mass is 10.1. The van der Waals surface area contributed by atoms with Crippen LogP contribution >= 0.6 is 0 Å². The van der Waals surface area contributed by atoms with Crippen LogP contribution in [0.2, 0.25) is 0 Å². The number of hydrogen-bond acceptors (Lipinski definition) is 2. The van der Waals surface area contributed by atoms with Crippen LogP contribution in [0.4, 0.5) is 0 Å². The van der Waals surface area contributed by atoms with E-state index in [9.17, 15) is 9.59 Å². The molecule has 0 bridgehead atoms. The average Bonchev–Trinajstić information content (AvgIpc) is 2.71. The van der Waals surface area contributed by atoms with Gasteiger partial charge in [0.15, 0.2) is 0 Å². The van der Waals surface area contributed by atoms with Gasteiger partial charge in [0, 0.05) is 37.2 Å². The summed E-state index contributed by atoms with van der Waals surface area (Å²) in [5.41, 5.74) is 0.831. The third-order valence-corrected chi connectivity index (χ3v) is 2.54. The minimum absolute atomic E-state index is 0.0261. The maximum Gasteiger partial charge on any atom is 0.266 e. The van der Waals surface area contributed by atoms with Gasteiger partial charge < -0.3 is 5.32 Å². The molecule has 5 heteroatoms. The lowest BCUT2D eigenvalue weighted by Gasteiger charge is -2.03. The van der Waals surface area contributed by atoms with Crippen LogP contribution in [-0.4, -0.2) is 22.2 Å². The van der Waals surface area contributed by atoms with Crippen molar-refractivity contribution < 1.29 is 4.79 Å². The first-order valence-electron chi connectivity index (χ1n) is 4.77. The second-order valence-corrected chi connectivity index (χ2v) is 3.50. The number of H-pyrrole nitrogens is 1. The molecule has 2 rings (SSSR count). The Kier molecular flexibility index (Phi) is 2.15. The molecule has 1 aliphatic rings. The number of hydrogen-bond donors (Lipinski definition) is 2. The molecule has 2 heterocycles. The molecule has 1 saturated heterocycles. The first-order chi connectivity index (χ1) is 6.70. The Morgan fingerprint density at radius 1 is 1.57 bits per heavy atom.